The second-order valence-corrected chi connectivity index (χ2v) is 4.89. The standard InChI is InChI=1S/C15H17ClN2/c1-11-7-8-17-9-14(11)10-18-12(2)13-3-5-15(16)6-4-13/h3-9,12,18H,10H2,1-2H3. The van der Waals surface area contributed by atoms with Gasteiger partial charge in [0.05, 0.1) is 0 Å². The number of aryl methyl sites for hydroxylation is 1. The quantitative estimate of drug-likeness (QED) is 0.902. The van der Waals surface area contributed by atoms with Gasteiger partial charge in [0.2, 0.25) is 0 Å². The highest BCUT2D eigenvalue weighted by Crippen LogP contribution is 2.16. The van der Waals surface area contributed by atoms with E-state index in [0.717, 1.165) is 11.6 Å². The molecule has 3 heteroatoms. The number of nitrogens with zero attached hydrogens (tertiary/aromatic N) is 1. The third kappa shape index (κ3) is 3.31. The summed E-state index contributed by atoms with van der Waals surface area (Å²) in [5.74, 6) is 0. The zero-order chi connectivity index (χ0) is 13.0. The molecule has 2 rings (SSSR count). The highest BCUT2D eigenvalue weighted by atomic mass is 35.5. The summed E-state index contributed by atoms with van der Waals surface area (Å²) in [7, 11) is 0. The van der Waals surface area contributed by atoms with E-state index in [9.17, 15) is 0 Å². The van der Waals surface area contributed by atoms with Crippen molar-refractivity contribution >= 4 is 11.6 Å². The summed E-state index contributed by atoms with van der Waals surface area (Å²) >= 11 is 5.88. The Labute approximate surface area is 113 Å². The lowest BCUT2D eigenvalue weighted by Crippen LogP contribution is -2.18. The van der Waals surface area contributed by atoms with Crippen LogP contribution < -0.4 is 5.32 Å². The molecule has 0 saturated heterocycles. The molecule has 1 heterocycles. The Morgan fingerprint density at radius 1 is 1.22 bits per heavy atom. The monoisotopic (exact) mass is 260 g/mol. The van der Waals surface area contributed by atoms with Crippen LogP contribution in [0.2, 0.25) is 5.02 Å². The van der Waals surface area contributed by atoms with Crippen molar-refractivity contribution in [3.63, 3.8) is 0 Å². The highest BCUT2D eigenvalue weighted by Gasteiger charge is 2.05. The van der Waals surface area contributed by atoms with Crippen LogP contribution >= 0.6 is 11.6 Å². The normalized spacial score (nSPS) is 12.4. The molecule has 0 aliphatic heterocycles. The van der Waals surface area contributed by atoms with Gasteiger partial charge in [-0.2, -0.15) is 0 Å². The summed E-state index contributed by atoms with van der Waals surface area (Å²) in [6.07, 6.45) is 3.73. The molecule has 0 spiro atoms. The first-order valence-corrected chi connectivity index (χ1v) is 6.43. The van der Waals surface area contributed by atoms with Crippen molar-refractivity contribution in [3.8, 4) is 0 Å². The van der Waals surface area contributed by atoms with Gasteiger partial charge in [0.1, 0.15) is 0 Å². The summed E-state index contributed by atoms with van der Waals surface area (Å²) in [4.78, 5) is 4.15. The lowest BCUT2D eigenvalue weighted by molar-refractivity contribution is 0.572. The van der Waals surface area contributed by atoms with E-state index in [0.29, 0.717) is 6.04 Å². The van der Waals surface area contributed by atoms with Crippen LogP contribution in [0.1, 0.15) is 29.7 Å². The van der Waals surface area contributed by atoms with Crippen molar-refractivity contribution in [1.29, 1.82) is 0 Å². The fraction of sp³-hybridized carbons (Fsp3) is 0.267. The maximum atomic E-state index is 5.88. The maximum absolute atomic E-state index is 5.88. The van der Waals surface area contributed by atoms with E-state index in [1.165, 1.54) is 16.7 Å². The lowest BCUT2D eigenvalue weighted by atomic mass is 10.1. The summed E-state index contributed by atoms with van der Waals surface area (Å²) < 4.78 is 0. The van der Waals surface area contributed by atoms with Gasteiger partial charge in [-0.05, 0) is 48.7 Å². The predicted octanol–water partition coefficient (Wildman–Crippen LogP) is 3.89. The number of nitrogens with one attached hydrogen (secondary N) is 1. The smallest absolute Gasteiger partial charge is 0.0406 e. The fourth-order valence-corrected chi connectivity index (χ4v) is 1.94. The van der Waals surface area contributed by atoms with Crippen LogP contribution in [0.25, 0.3) is 0 Å². The number of aromatic nitrogens is 1. The number of benzene rings is 1. The van der Waals surface area contributed by atoms with Crippen molar-refractivity contribution in [1.82, 2.24) is 10.3 Å². The second kappa shape index (κ2) is 5.98. The van der Waals surface area contributed by atoms with Gasteiger partial charge >= 0.3 is 0 Å². The minimum absolute atomic E-state index is 0.293. The first kappa shape index (κ1) is 13.1. The Morgan fingerprint density at radius 2 is 1.94 bits per heavy atom. The Morgan fingerprint density at radius 3 is 2.61 bits per heavy atom. The van der Waals surface area contributed by atoms with Crippen molar-refractivity contribution in [2.24, 2.45) is 0 Å². The van der Waals surface area contributed by atoms with Crippen LogP contribution in [-0.2, 0) is 6.54 Å². The third-order valence-corrected chi connectivity index (χ3v) is 3.37. The maximum Gasteiger partial charge on any atom is 0.0406 e. The third-order valence-electron chi connectivity index (χ3n) is 3.12. The van der Waals surface area contributed by atoms with Crippen molar-refractivity contribution in [3.05, 3.63) is 64.4 Å². The Hall–Kier alpha value is -1.38. The van der Waals surface area contributed by atoms with Crippen LogP contribution in [0, 0.1) is 6.92 Å². The molecule has 0 saturated carbocycles. The SMILES string of the molecule is Cc1ccncc1CNC(C)c1ccc(Cl)cc1. The molecule has 2 aromatic rings. The van der Waals surface area contributed by atoms with E-state index in [4.69, 9.17) is 11.6 Å². The second-order valence-electron chi connectivity index (χ2n) is 4.46. The number of hydrogen-bond acceptors (Lipinski definition) is 2. The molecule has 0 fully saturated rings. The molecular weight excluding hydrogens is 244 g/mol. The lowest BCUT2D eigenvalue weighted by Gasteiger charge is -2.15. The molecular formula is C15H17ClN2. The van der Waals surface area contributed by atoms with E-state index in [2.05, 4.69) is 36.3 Å². The van der Waals surface area contributed by atoms with E-state index in [1.54, 1.807) is 0 Å². The molecule has 0 amide bonds. The molecule has 0 aliphatic rings. The molecule has 1 unspecified atom stereocenters. The zero-order valence-corrected chi connectivity index (χ0v) is 11.4. The van der Waals surface area contributed by atoms with Crippen molar-refractivity contribution < 1.29 is 0 Å². The van der Waals surface area contributed by atoms with Gasteiger partial charge in [-0.25, -0.2) is 0 Å². The van der Waals surface area contributed by atoms with Gasteiger partial charge in [-0.15, -0.1) is 0 Å². The fourth-order valence-electron chi connectivity index (χ4n) is 1.81. The molecule has 0 aliphatic carbocycles. The van der Waals surface area contributed by atoms with Gasteiger partial charge in [0.15, 0.2) is 0 Å². The van der Waals surface area contributed by atoms with Crippen LogP contribution in [0.5, 0.6) is 0 Å². The molecule has 94 valence electrons. The number of rotatable bonds is 4. The highest BCUT2D eigenvalue weighted by molar-refractivity contribution is 6.30. The van der Waals surface area contributed by atoms with Crippen molar-refractivity contribution in [2.45, 2.75) is 26.4 Å². The minimum atomic E-state index is 0.293. The van der Waals surface area contributed by atoms with E-state index < -0.39 is 0 Å². The van der Waals surface area contributed by atoms with E-state index in [1.807, 2.05) is 30.6 Å². The molecule has 1 N–H and O–H groups in total. The largest absolute Gasteiger partial charge is 0.306 e. The topological polar surface area (TPSA) is 24.9 Å². The summed E-state index contributed by atoms with van der Waals surface area (Å²) in [5, 5.41) is 4.26. The van der Waals surface area contributed by atoms with E-state index >= 15 is 0 Å². The summed E-state index contributed by atoms with van der Waals surface area (Å²) in [6.45, 7) is 5.07. The van der Waals surface area contributed by atoms with E-state index in [-0.39, 0.29) is 0 Å². The van der Waals surface area contributed by atoms with Gasteiger partial charge in [-0.3, -0.25) is 4.98 Å². The molecule has 1 aromatic heterocycles. The summed E-state index contributed by atoms with van der Waals surface area (Å²) in [6, 6.07) is 10.3. The predicted molar refractivity (Wildman–Crippen MR) is 75.7 cm³/mol. The van der Waals surface area contributed by atoms with Crippen LogP contribution in [-0.4, -0.2) is 4.98 Å². The number of halogens is 1. The Kier molecular flexibility index (Phi) is 4.34. The first-order chi connectivity index (χ1) is 8.66. The first-order valence-electron chi connectivity index (χ1n) is 6.05. The average Bonchev–Trinajstić information content (AvgIpc) is 2.38. The van der Waals surface area contributed by atoms with Gasteiger partial charge in [-0.1, -0.05) is 23.7 Å². The molecule has 1 atom stereocenters. The Balaban J connectivity index is 1.98. The Bertz CT molecular complexity index is 508. The van der Waals surface area contributed by atoms with Crippen LogP contribution in [0.3, 0.4) is 0 Å². The minimum Gasteiger partial charge on any atom is -0.306 e. The molecule has 0 bridgehead atoms. The molecule has 2 nitrogen and oxygen atoms in total. The number of pyridine rings is 1. The molecule has 18 heavy (non-hydrogen) atoms. The molecule has 1 aromatic carbocycles. The van der Waals surface area contributed by atoms with Gasteiger partial charge in [0.25, 0.3) is 0 Å². The average molecular weight is 261 g/mol. The summed E-state index contributed by atoms with van der Waals surface area (Å²) in [5.41, 5.74) is 3.74. The van der Waals surface area contributed by atoms with Gasteiger partial charge < -0.3 is 5.32 Å². The van der Waals surface area contributed by atoms with Crippen LogP contribution in [0.4, 0.5) is 0 Å². The van der Waals surface area contributed by atoms with Gasteiger partial charge in [0, 0.05) is 30.0 Å². The molecule has 0 radical (unpaired) electrons. The number of hydrogen-bond donors (Lipinski definition) is 1. The van der Waals surface area contributed by atoms with Crippen LogP contribution in [0.15, 0.2) is 42.7 Å². The zero-order valence-electron chi connectivity index (χ0n) is 10.7. The van der Waals surface area contributed by atoms with Crippen molar-refractivity contribution in [2.75, 3.05) is 0 Å².